The van der Waals surface area contributed by atoms with Crippen LogP contribution in [-0.2, 0) is 4.74 Å². The van der Waals surface area contributed by atoms with Gasteiger partial charge in [-0.25, -0.2) is 9.37 Å². The lowest BCUT2D eigenvalue weighted by Gasteiger charge is -2.28. The Balaban J connectivity index is 1.76. The minimum Gasteiger partial charge on any atom is -0.378 e. The van der Waals surface area contributed by atoms with E-state index in [1.165, 1.54) is 12.1 Å². The molecule has 1 fully saturated rings. The van der Waals surface area contributed by atoms with Crippen molar-refractivity contribution < 1.29 is 9.13 Å². The van der Waals surface area contributed by atoms with E-state index in [-0.39, 0.29) is 5.82 Å². The van der Waals surface area contributed by atoms with Crippen LogP contribution in [-0.4, -0.2) is 46.5 Å². The van der Waals surface area contributed by atoms with Crippen LogP contribution in [0.5, 0.6) is 0 Å². The molecule has 1 N–H and O–H groups in total. The minimum atomic E-state index is -0.254. The second-order valence-electron chi connectivity index (χ2n) is 6.66. The van der Waals surface area contributed by atoms with Crippen molar-refractivity contribution in [3.8, 4) is 22.5 Å². The van der Waals surface area contributed by atoms with Crippen molar-refractivity contribution >= 4 is 16.7 Å². The van der Waals surface area contributed by atoms with Gasteiger partial charge in [-0.3, -0.25) is 10.1 Å². The van der Waals surface area contributed by atoms with Crippen LogP contribution in [0.4, 0.5) is 10.2 Å². The van der Waals surface area contributed by atoms with Crippen LogP contribution in [0, 0.1) is 5.82 Å². The van der Waals surface area contributed by atoms with Gasteiger partial charge in [-0.1, -0.05) is 12.1 Å². The van der Waals surface area contributed by atoms with Crippen LogP contribution < -0.4 is 4.90 Å². The average molecular weight is 375 g/mol. The number of ether oxygens (including phenoxy) is 1. The summed E-state index contributed by atoms with van der Waals surface area (Å²) in [5, 5.41) is 7.98. The number of nitrogens with zero attached hydrogens (tertiary/aromatic N) is 4. The predicted octanol–water partition coefficient (Wildman–Crippen LogP) is 3.66. The zero-order chi connectivity index (χ0) is 18.9. The van der Waals surface area contributed by atoms with E-state index in [0.717, 1.165) is 52.3 Å². The topological polar surface area (TPSA) is 66.9 Å². The first-order chi connectivity index (χ1) is 13.8. The highest BCUT2D eigenvalue weighted by Crippen LogP contribution is 2.35. The standard InChI is InChI=1S/C21H18FN5O/c22-15-3-1-14(2-4-15)17-13-19(27-9-11-28-12-10-27)25-20-16(17)5-7-23-21(20)18-6-8-24-26-18/h1-8,13H,9-12H2,(H,24,26). The highest BCUT2D eigenvalue weighted by atomic mass is 19.1. The largest absolute Gasteiger partial charge is 0.378 e. The fourth-order valence-corrected chi connectivity index (χ4v) is 3.55. The maximum atomic E-state index is 13.5. The number of benzene rings is 1. The highest BCUT2D eigenvalue weighted by Gasteiger charge is 2.18. The van der Waals surface area contributed by atoms with Crippen LogP contribution in [0.15, 0.2) is 54.9 Å². The number of morpholine rings is 1. The van der Waals surface area contributed by atoms with Crippen LogP contribution in [0.25, 0.3) is 33.4 Å². The van der Waals surface area contributed by atoms with Crippen molar-refractivity contribution in [1.29, 1.82) is 0 Å². The lowest BCUT2D eigenvalue weighted by molar-refractivity contribution is 0.122. The minimum absolute atomic E-state index is 0.254. The Morgan fingerprint density at radius 2 is 1.82 bits per heavy atom. The van der Waals surface area contributed by atoms with E-state index < -0.39 is 0 Å². The SMILES string of the molecule is Fc1ccc(-c2cc(N3CCOCC3)nc3c(-c4ccn[nH]4)nccc23)cc1. The maximum Gasteiger partial charge on any atom is 0.130 e. The number of hydrogen-bond acceptors (Lipinski definition) is 5. The summed E-state index contributed by atoms with van der Waals surface area (Å²) in [6.45, 7) is 2.90. The van der Waals surface area contributed by atoms with Gasteiger partial charge < -0.3 is 9.64 Å². The molecule has 1 aliphatic rings. The smallest absolute Gasteiger partial charge is 0.130 e. The van der Waals surface area contributed by atoms with E-state index in [0.29, 0.717) is 13.2 Å². The van der Waals surface area contributed by atoms with Gasteiger partial charge in [-0.05, 0) is 41.5 Å². The molecular formula is C21H18FN5O. The summed E-state index contributed by atoms with van der Waals surface area (Å²) in [6.07, 6.45) is 3.46. The molecule has 0 bridgehead atoms. The molecule has 140 valence electrons. The monoisotopic (exact) mass is 375 g/mol. The van der Waals surface area contributed by atoms with E-state index in [1.54, 1.807) is 24.5 Å². The number of hydrogen-bond donors (Lipinski definition) is 1. The predicted molar refractivity (Wildman–Crippen MR) is 106 cm³/mol. The van der Waals surface area contributed by atoms with Crippen molar-refractivity contribution in [3.63, 3.8) is 0 Å². The first kappa shape index (κ1) is 16.8. The van der Waals surface area contributed by atoms with Crippen molar-refractivity contribution in [2.24, 2.45) is 0 Å². The molecule has 0 radical (unpaired) electrons. The average Bonchev–Trinajstić information content (AvgIpc) is 3.28. The van der Waals surface area contributed by atoms with Gasteiger partial charge in [0.15, 0.2) is 0 Å². The summed E-state index contributed by atoms with van der Waals surface area (Å²) in [5.41, 5.74) is 4.27. The van der Waals surface area contributed by atoms with Gasteiger partial charge in [0.25, 0.3) is 0 Å². The normalized spacial score (nSPS) is 14.5. The molecule has 4 heterocycles. The molecule has 1 saturated heterocycles. The summed E-state index contributed by atoms with van der Waals surface area (Å²) in [5.74, 6) is 0.610. The van der Waals surface area contributed by atoms with Crippen molar-refractivity contribution in [2.75, 3.05) is 31.2 Å². The van der Waals surface area contributed by atoms with Gasteiger partial charge >= 0.3 is 0 Å². The highest BCUT2D eigenvalue weighted by molar-refractivity contribution is 6.01. The van der Waals surface area contributed by atoms with Crippen molar-refractivity contribution in [3.05, 3.63) is 60.7 Å². The van der Waals surface area contributed by atoms with E-state index in [2.05, 4.69) is 26.1 Å². The third-order valence-corrected chi connectivity index (χ3v) is 4.96. The number of H-pyrrole nitrogens is 1. The van der Waals surface area contributed by atoms with E-state index in [9.17, 15) is 4.39 Å². The van der Waals surface area contributed by atoms with Crippen molar-refractivity contribution in [1.82, 2.24) is 20.2 Å². The fraction of sp³-hybridized carbons (Fsp3) is 0.190. The van der Waals surface area contributed by atoms with Gasteiger partial charge in [0.2, 0.25) is 0 Å². The Morgan fingerprint density at radius 3 is 2.57 bits per heavy atom. The Kier molecular flexibility index (Phi) is 4.21. The first-order valence-corrected chi connectivity index (χ1v) is 9.18. The van der Waals surface area contributed by atoms with Crippen LogP contribution >= 0.6 is 0 Å². The molecule has 5 rings (SSSR count). The molecule has 6 nitrogen and oxygen atoms in total. The number of halogens is 1. The van der Waals surface area contributed by atoms with Gasteiger partial charge in [0.1, 0.15) is 22.8 Å². The number of pyridine rings is 2. The van der Waals surface area contributed by atoms with Gasteiger partial charge in [0.05, 0.1) is 18.9 Å². The lowest BCUT2D eigenvalue weighted by atomic mass is 10.00. The number of nitrogens with one attached hydrogen (secondary N) is 1. The summed E-state index contributed by atoms with van der Waals surface area (Å²) < 4.78 is 19.0. The Morgan fingerprint density at radius 1 is 1.00 bits per heavy atom. The van der Waals surface area contributed by atoms with Gasteiger partial charge in [-0.15, -0.1) is 0 Å². The quantitative estimate of drug-likeness (QED) is 0.592. The summed E-state index contributed by atoms with van der Waals surface area (Å²) in [7, 11) is 0. The molecule has 0 saturated carbocycles. The molecule has 28 heavy (non-hydrogen) atoms. The molecule has 0 atom stereocenters. The number of fused-ring (bicyclic) bond motifs is 1. The molecule has 1 aromatic carbocycles. The second kappa shape index (κ2) is 7.01. The third kappa shape index (κ3) is 2.99. The second-order valence-corrected chi connectivity index (χ2v) is 6.66. The first-order valence-electron chi connectivity index (χ1n) is 9.18. The van der Waals surface area contributed by atoms with Crippen molar-refractivity contribution in [2.45, 2.75) is 0 Å². The summed E-state index contributed by atoms with van der Waals surface area (Å²) in [4.78, 5) is 11.7. The number of aromatic nitrogens is 4. The molecule has 0 spiro atoms. The molecule has 0 amide bonds. The zero-order valence-electron chi connectivity index (χ0n) is 15.1. The Labute approximate surface area is 161 Å². The summed E-state index contributed by atoms with van der Waals surface area (Å²) in [6, 6.07) is 12.4. The van der Waals surface area contributed by atoms with Crippen LogP contribution in [0.2, 0.25) is 0 Å². The van der Waals surface area contributed by atoms with Crippen LogP contribution in [0.3, 0.4) is 0 Å². The zero-order valence-corrected chi connectivity index (χ0v) is 15.1. The Hall–Kier alpha value is -3.32. The fourth-order valence-electron chi connectivity index (χ4n) is 3.55. The molecule has 3 aromatic heterocycles. The third-order valence-electron chi connectivity index (χ3n) is 4.96. The van der Waals surface area contributed by atoms with E-state index in [4.69, 9.17) is 9.72 Å². The maximum absolute atomic E-state index is 13.5. The molecule has 0 unspecified atom stereocenters. The number of rotatable bonds is 3. The number of anilines is 1. The van der Waals surface area contributed by atoms with Gasteiger partial charge in [-0.2, -0.15) is 5.10 Å². The Bertz CT molecular complexity index is 1110. The molecule has 1 aliphatic heterocycles. The molecular weight excluding hydrogens is 357 g/mol. The molecule has 4 aromatic rings. The summed E-state index contributed by atoms with van der Waals surface area (Å²) >= 11 is 0. The van der Waals surface area contributed by atoms with E-state index in [1.807, 2.05) is 12.1 Å². The van der Waals surface area contributed by atoms with Gasteiger partial charge in [0, 0.05) is 30.9 Å². The molecule has 0 aliphatic carbocycles. The van der Waals surface area contributed by atoms with Crippen LogP contribution in [0.1, 0.15) is 0 Å². The lowest BCUT2D eigenvalue weighted by Crippen LogP contribution is -2.36. The molecule has 7 heteroatoms. The number of aromatic amines is 1. The van der Waals surface area contributed by atoms with E-state index >= 15 is 0 Å².